The van der Waals surface area contributed by atoms with Crippen LogP contribution in [0.2, 0.25) is 0 Å². The average molecular weight is 227 g/mol. The van der Waals surface area contributed by atoms with Crippen LogP contribution >= 0.6 is 0 Å². The van der Waals surface area contributed by atoms with Crippen molar-refractivity contribution in [1.29, 1.82) is 0 Å². The fraction of sp³-hybridized carbons (Fsp3) is 1.00. The van der Waals surface area contributed by atoms with E-state index in [0.717, 1.165) is 6.54 Å². The van der Waals surface area contributed by atoms with E-state index >= 15 is 0 Å². The van der Waals surface area contributed by atoms with Crippen molar-refractivity contribution in [1.82, 2.24) is 4.90 Å². The van der Waals surface area contributed by atoms with Crippen molar-refractivity contribution in [2.24, 2.45) is 5.41 Å². The second kappa shape index (κ2) is 6.61. The van der Waals surface area contributed by atoms with E-state index in [-0.39, 0.29) is 5.41 Å². The van der Waals surface area contributed by atoms with Crippen molar-refractivity contribution < 1.29 is 5.11 Å². The molecule has 0 aromatic rings. The first-order valence-electron chi connectivity index (χ1n) is 6.98. The first-order chi connectivity index (χ1) is 7.63. The van der Waals surface area contributed by atoms with Gasteiger partial charge in [0.15, 0.2) is 0 Å². The lowest BCUT2D eigenvalue weighted by molar-refractivity contribution is 0.0301. The Morgan fingerprint density at radius 1 is 1.19 bits per heavy atom. The molecule has 1 N–H and O–H groups in total. The van der Waals surface area contributed by atoms with E-state index in [1.54, 1.807) is 0 Å². The topological polar surface area (TPSA) is 23.5 Å². The number of aliphatic hydroxyl groups excluding tert-OH is 1. The SMILES string of the molecule is CCCN(CC1(CO)CCCCC1)C(C)C. The third kappa shape index (κ3) is 3.74. The molecule has 0 aromatic heterocycles. The van der Waals surface area contributed by atoms with Gasteiger partial charge in [0.2, 0.25) is 0 Å². The molecule has 0 unspecified atom stereocenters. The molecule has 16 heavy (non-hydrogen) atoms. The predicted molar refractivity (Wildman–Crippen MR) is 69.6 cm³/mol. The third-order valence-electron chi connectivity index (χ3n) is 4.03. The second-order valence-electron chi connectivity index (χ2n) is 5.78. The molecule has 0 bridgehead atoms. The monoisotopic (exact) mass is 227 g/mol. The Morgan fingerprint density at radius 2 is 1.81 bits per heavy atom. The molecule has 1 saturated carbocycles. The average Bonchev–Trinajstić information content (AvgIpc) is 2.29. The minimum Gasteiger partial charge on any atom is -0.396 e. The highest BCUT2D eigenvalue weighted by atomic mass is 16.3. The van der Waals surface area contributed by atoms with Crippen LogP contribution < -0.4 is 0 Å². The van der Waals surface area contributed by atoms with Crippen LogP contribution in [0.15, 0.2) is 0 Å². The van der Waals surface area contributed by atoms with E-state index in [9.17, 15) is 5.11 Å². The molecule has 1 aliphatic rings. The second-order valence-corrected chi connectivity index (χ2v) is 5.78. The standard InChI is InChI=1S/C14H29NO/c1-4-10-15(13(2)3)11-14(12-16)8-6-5-7-9-14/h13,16H,4-12H2,1-3H3. The molecule has 0 saturated heterocycles. The van der Waals surface area contributed by atoms with Crippen molar-refractivity contribution in [3.8, 4) is 0 Å². The van der Waals surface area contributed by atoms with Crippen LogP contribution in [0.25, 0.3) is 0 Å². The number of hydrogen-bond donors (Lipinski definition) is 1. The predicted octanol–water partition coefficient (Wildman–Crippen LogP) is 3.05. The molecule has 0 spiro atoms. The molecule has 0 heterocycles. The van der Waals surface area contributed by atoms with Gasteiger partial charge in [-0.05, 0) is 39.7 Å². The summed E-state index contributed by atoms with van der Waals surface area (Å²) in [6.45, 7) is 9.41. The van der Waals surface area contributed by atoms with Crippen LogP contribution in [-0.4, -0.2) is 35.7 Å². The van der Waals surface area contributed by atoms with E-state index in [4.69, 9.17) is 0 Å². The molecule has 0 atom stereocenters. The normalized spacial score (nSPS) is 20.6. The van der Waals surface area contributed by atoms with Gasteiger partial charge >= 0.3 is 0 Å². The molecule has 0 aromatic carbocycles. The van der Waals surface area contributed by atoms with Crippen molar-refractivity contribution in [3.63, 3.8) is 0 Å². The summed E-state index contributed by atoms with van der Waals surface area (Å²) in [6.07, 6.45) is 7.61. The zero-order valence-corrected chi connectivity index (χ0v) is 11.3. The van der Waals surface area contributed by atoms with Crippen LogP contribution in [0.4, 0.5) is 0 Å². The maximum Gasteiger partial charge on any atom is 0.0499 e. The lowest BCUT2D eigenvalue weighted by Gasteiger charge is -2.41. The summed E-state index contributed by atoms with van der Waals surface area (Å²) >= 11 is 0. The Bertz CT molecular complexity index is 185. The van der Waals surface area contributed by atoms with E-state index in [1.807, 2.05) is 0 Å². The molecule has 1 rings (SSSR count). The van der Waals surface area contributed by atoms with Gasteiger partial charge in [-0.15, -0.1) is 0 Å². The van der Waals surface area contributed by atoms with Crippen LogP contribution in [-0.2, 0) is 0 Å². The zero-order valence-electron chi connectivity index (χ0n) is 11.3. The van der Waals surface area contributed by atoms with Crippen molar-refractivity contribution in [3.05, 3.63) is 0 Å². The largest absolute Gasteiger partial charge is 0.396 e. The molecule has 1 aliphatic carbocycles. The molecule has 0 amide bonds. The molecule has 96 valence electrons. The van der Waals surface area contributed by atoms with Gasteiger partial charge in [0.25, 0.3) is 0 Å². The van der Waals surface area contributed by atoms with Crippen LogP contribution in [0.5, 0.6) is 0 Å². The van der Waals surface area contributed by atoms with Gasteiger partial charge in [0, 0.05) is 24.6 Å². The summed E-state index contributed by atoms with van der Waals surface area (Å²) in [6, 6.07) is 0.602. The van der Waals surface area contributed by atoms with Gasteiger partial charge in [-0.2, -0.15) is 0 Å². The van der Waals surface area contributed by atoms with E-state index in [0.29, 0.717) is 12.6 Å². The van der Waals surface area contributed by atoms with Crippen LogP contribution in [0.1, 0.15) is 59.3 Å². The van der Waals surface area contributed by atoms with Crippen LogP contribution in [0, 0.1) is 5.41 Å². The summed E-state index contributed by atoms with van der Waals surface area (Å²) in [5, 5.41) is 9.71. The Labute approximate surface area is 101 Å². The number of rotatable bonds is 6. The highest BCUT2D eigenvalue weighted by molar-refractivity contribution is 4.86. The fourth-order valence-electron chi connectivity index (χ4n) is 2.91. The van der Waals surface area contributed by atoms with Gasteiger partial charge in [-0.3, -0.25) is 0 Å². The Balaban J connectivity index is 2.57. The molecule has 0 aliphatic heterocycles. The molecule has 2 heteroatoms. The summed E-state index contributed by atoms with van der Waals surface area (Å²) in [7, 11) is 0. The maximum absolute atomic E-state index is 9.71. The maximum atomic E-state index is 9.71. The minimum absolute atomic E-state index is 0.206. The lowest BCUT2D eigenvalue weighted by Crippen LogP contribution is -2.44. The zero-order chi connectivity index (χ0) is 12.0. The van der Waals surface area contributed by atoms with Crippen molar-refractivity contribution in [2.75, 3.05) is 19.7 Å². The minimum atomic E-state index is 0.206. The highest BCUT2D eigenvalue weighted by Gasteiger charge is 2.33. The van der Waals surface area contributed by atoms with Gasteiger partial charge in [-0.25, -0.2) is 0 Å². The quantitative estimate of drug-likeness (QED) is 0.754. The fourth-order valence-corrected chi connectivity index (χ4v) is 2.91. The van der Waals surface area contributed by atoms with Gasteiger partial charge in [0.05, 0.1) is 0 Å². The molecular formula is C14H29NO. The van der Waals surface area contributed by atoms with Gasteiger partial charge in [0.1, 0.15) is 0 Å². The summed E-state index contributed by atoms with van der Waals surface area (Å²) in [5.41, 5.74) is 0.206. The molecule has 2 nitrogen and oxygen atoms in total. The summed E-state index contributed by atoms with van der Waals surface area (Å²) < 4.78 is 0. The van der Waals surface area contributed by atoms with Gasteiger partial charge < -0.3 is 10.0 Å². The number of nitrogens with zero attached hydrogens (tertiary/aromatic N) is 1. The summed E-state index contributed by atoms with van der Waals surface area (Å²) in [4.78, 5) is 2.54. The van der Waals surface area contributed by atoms with E-state index in [2.05, 4.69) is 25.7 Å². The molecule has 1 fully saturated rings. The number of aliphatic hydroxyl groups is 1. The molecular weight excluding hydrogens is 198 g/mol. The summed E-state index contributed by atoms with van der Waals surface area (Å²) in [5.74, 6) is 0. The van der Waals surface area contributed by atoms with E-state index < -0.39 is 0 Å². The Morgan fingerprint density at radius 3 is 2.25 bits per heavy atom. The van der Waals surface area contributed by atoms with Crippen molar-refractivity contribution >= 4 is 0 Å². The Hall–Kier alpha value is -0.0800. The smallest absolute Gasteiger partial charge is 0.0499 e. The first kappa shape index (κ1) is 14.0. The first-order valence-corrected chi connectivity index (χ1v) is 6.98. The molecule has 0 radical (unpaired) electrons. The van der Waals surface area contributed by atoms with Gasteiger partial charge in [-0.1, -0.05) is 26.2 Å². The van der Waals surface area contributed by atoms with Crippen molar-refractivity contribution in [2.45, 2.75) is 65.3 Å². The number of hydrogen-bond acceptors (Lipinski definition) is 2. The Kier molecular flexibility index (Phi) is 5.77. The highest BCUT2D eigenvalue weighted by Crippen LogP contribution is 2.36. The van der Waals surface area contributed by atoms with Crippen LogP contribution in [0.3, 0.4) is 0 Å². The third-order valence-corrected chi connectivity index (χ3v) is 4.03. The lowest BCUT2D eigenvalue weighted by atomic mass is 9.74. The van der Waals surface area contributed by atoms with E-state index in [1.165, 1.54) is 45.1 Å².